The van der Waals surface area contributed by atoms with Crippen LogP contribution in [0.2, 0.25) is 0 Å². The number of rotatable bonds is 2. The third-order valence-electron chi connectivity index (χ3n) is 2.29. The Balaban J connectivity index is 2.20. The van der Waals surface area contributed by atoms with Gasteiger partial charge in [-0.2, -0.15) is 0 Å². The molecule has 0 saturated carbocycles. The largest absolute Gasteiger partial charge is 0.385 e. The molecule has 0 aromatic heterocycles. The molecule has 64 valence electrons. The van der Waals surface area contributed by atoms with Gasteiger partial charge in [0.05, 0.1) is 6.61 Å². The Morgan fingerprint density at radius 1 is 1.42 bits per heavy atom. The van der Waals surface area contributed by atoms with Crippen molar-refractivity contribution < 1.29 is 9.84 Å². The van der Waals surface area contributed by atoms with Crippen LogP contribution in [0.3, 0.4) is 0 Å². The smallest absolute Gasteiger partial charge is 0.119 e. The number of aliphatic hydroxyl groups is 1. The average molecular weight is 164 g/mol. The van der Waals surface area contributed by atoms with Crippen LogP contribution in [0.25, 0.3) is 0 Å². The number of benzene rings is 1. The average Bonchev–Trinajstić information content (AvgIpc) is 2.85. The first-order chi connectivity index (χ1) is 5.72. The molecule has 2 nitrogen and oxygen atoms in total. The lowest BCUT2D eigenvalue weighted by molar-refractivity contribution is 0.0849. The monoisotopic (exact) mass is 164 g/mol. The standard InChI is InChI=1S/C10H12O2/c1-10(7-12-10)9(11)8-5-3-2-4-6-8/h2-6,9,11H,7H2,1H3/t9-,10+/m1/s1. The fraction of sp³-hybridized carbons (Fsp3) is 0.400. The van der Waals surface area contributed by atoms with Crippen LogP contribution in [-0.4, -0.2) is 17.3 Å². The first kappa shape index (κ1) is 7.77. The molecule has 2 atom stereocenters. The van der Waals surface area contributed by atoms with Crippen LogP contribution in [0.4, 0.5) is 0 Å². The van der Waals surface area contributed by atoms with Crippen LogP contribution in [0, 0.1) is 0 Å². The minimum atomic E-state index is -0.487. The van der Waals surface area contributed by atoms with E-state index in [9.17, 15) is 5.11 Å². The van der Waals surface area contributed by atoms with Crippen LogP contribution in [0.1, 0.15) is 18.6 Å². The third-order valence-corrected chi connectivity index (χ3v) is 2.29. The zero-order valence-electron chi connectivity index (χ0n) is 7.03. The molecule has 0 bridgehead atoms. The molecule has 1 fully saturated rings. The number of hydrogen-bond acceptors (Lipinski definition) is 2. The van der Waals surface area contributed by atoms with E-state index in [1.165, 1.54) is 0 Å². The lowest BCUT2D eigenvalue weighted by Gasteiger charge is -2.14. The van der Waals surface area contributed by atoms with Gasteiger partial charge < -0.3 is 9.84 Å². The van der Waals surface area contributed by atoms with E-state index in [-0.39, 0.29) is 5.60 Å². The Bertz CT molecular complexity index is 264. The molecule has 0 radical (unpaired) electrons. The molecule has 1 aromatic carbocycles. The van der Waals surface area contributed by atoms with Gasteiger partial charge in [0, 0.05) is 0 Å². The number of aliphatic hydroxyl groups excluding tert-OH is 1. The second kappa shape index (κ2) is 2.57. The highest BCUT2D eigenvalue weighted by molar-refractivity contribution is 5.21. The molecule has 2 heteroatoms. The number of ether oxygens (including phenoxy) is 1. The molecule has 0 unspecified atom stereocenters. The summed E-state index contributed by atoms with van der Waals surface area (Å²) in [5.74, 6) is 0. The van der Waals surface area contributed by atoms with Crippen LogP contribution in [0.15, 0.2) is 30.3 Å². The highest BCUT2D eigenvalue weighted by atomic mass is 16.6. The number of epoxide rings is 1. The van der Waals surface area contributed by atoms with Crippen molar-refractivity contribution in [1.29, 1.82) is 0 Å². The molecule has 2 rings (SSSR count). The molecule has 0 spiro atoms. The van der Waals surface area contributed by atoms with Crippen LogP contribution >= 0.6 is 0 Å². The van der Waals surface area contributed by atoms with E-state index in [4.69, 9.17) is 4.74 Å². The first-order valence-corrected chi connectivity index (χ1v) is 4.09. The van der Waals surface area contributed by atoms with Gasteiger partial charge in [-0.15, -0.1) is 0 Å². The van der Waals surface area contributed by atoms with Gasteiger partial charge in [-0.25, -0.2) is 0 Å². The molecule has 1 aliphatic heterocycles. The van der Waals surface area contributed by atoms with Gasteiger partial charge in [0.1, 0.15) is 11.7 Å². The van der Waals surface area contributed by atoms with Gasteiger partial charge in [-0.05, 0) is 12.5 Å². The molecule has 1 saturated heterocycles. The minimum absolute atomic E-state index is 0.332. The van der Waals surface area contributed by atoms with Crippen molar-refractivity contribution in [2.24, 2.45) is 0 Å². The fourth-order valence-corrected chi connectivity index (χ4v) is 1.26. The van der Waals surface area contributed by atoms with Crippen LogP contribution in [0.5, 0.6) is 0 Å². The summed E-state index contributed by atoms with van der Waals surface area (Å²) < 4.78 is 5.16. The molecular formula is C10H12O2. The Labute approximate surface area is 71.8 Å². The Morgan fingerprint density at radius 3 is 2.50 bits per heavy atom. The highest BCUT2D eigenvalue weighted by Gasteiger charge is 2.46. The molecule has 1 aliphatic rings. The Kier molecular flexibility index (Phi) is 1.67. The Hall–Kier alpha value is -0.860. The third kappa shape index (κ3) is 1.24. The zero-order chi connectivity index (χ0) is 8.60. The maximum atomic E-state index is 9.79. The van der Waals surface area contributed by atoms with E-state index >= 15 is 0 Å². The van der Waals surface area contributed by atoms with Gasteiger partial charge in [-0.1, -0.05) is 30.3 Å². The van der Waals surface area contributed by atoms with E-state index in [0.29, 0.717) is 6.61 Å². The fourth-order valence-electron chi connectivity index (χ4n) is 1.26. The predicted octanol–water partition coefficient (Wildman–Crippen LogP) is 1.51. The van der Waals surface area contributed by atoms with E-state index in [0.717, 1.165) is 5.56 Å². The molecular weight excluding hydrogens is 152 g/mol. The summed E-state index contributed by atoms with van der Waals surface area (Å²) in [7, 11) is 0. The topological polar surface area (TPSA) is 32.8 Å². The lowest BCUT2D eigenvalue weighted by Crippen LogP contribution is -2.17. The maximum absolute atomic E-state index is 9.79. The van der Waals surface area contributed by atoms with E-state index in [1.54, 1.807) is 0 Å². The van der Waals surface area contributed by atoms with E-state index in [1.807, 2.05) is 37.3 Å². The summed E-state index contributed by atoms with van der Waals surface area (Å²) >= 11 is 0. The molecule has 12 heavy (non-hydrogen) atoms. The SMILES string of the molecule is C[C@@]1([C@H](O)c2ccccc2)CO1. The van der Waals surface area contributed by atoms with E-state index in [2.05, 4.69) is 0 Å². The summed E-state index contributed by atoms with van der Waals surface area (Å²) in [4.78, 5) is 0. The number of hydrogen-bond donors (Lipinski definition) is 1. The molecule has 1 aromatic rings. The van der Waals surface area contributed by atoms with Crippen molar-refractivity contribution in [3.05, 3.63) is 35.9 Å². The van der Waals surface area contributed by atoms with Gasteiger partial charge in [-0.3, -0.25) is 0 Å². The maximum Gasteiger partial charge on any atom is 0.119 e. The van der Waals surface area contributed by atoms with Gasteiger partial charge in [0.15, 0.2) is 0 Å². The van der Waals surface area contributed by atoms with Crippen molar-refractivity contribution in [1.82, 2.24) is 0 Å². The Morgan fingerprint density at radius 2 is 2.00 bits per heavy atom. The summed E-state index contributed by atoms with van der Waals surface area (Å²) in [5.41, 5.74) is 0.596. The second-order valence-electron chi connectivity index (χ2n) is 3.41. The first-order valence-electron chi connectivity index (χ1n) is 4.09. The van der Waals surface area contributed by atoms with Crippen molar-refractivity contribution in [2.75, 3.05) is 6.61 Å². The molecule has 1 N–H and O–H groups in total. The molecule has 0 aliphatic carbocycles. The molecule has 1 heterocycles. The van der Waals surface area contributed by atoms with Crippen molar-refractivity contribution in [2.45, 2.75) is 18.6 Å². The predicted molar refractivity (Wildman–Crippen MR) is 45.8 cm³/mol. The minimum Gasteiger partial charge on any atom is -0.385 e. The zero-order valence-corrected chi connectivity index (χ0v) is 7.03. The summed E-state index contributed by atoms with van der Waals surface area (Å²) in [6.07, 6.45) is -0.487. The van der Waals surface area contributed by atoms with Crippen molar-refractivity contribution >= 4 is 0 Å². The van der Waals surface area contributed by atoms with Crippen molar-refractivity contribution in [3.63, 3.8) is 0 Å². The highest BCUT2D eigenvalue weighted by Crippen LogP contribution is 2.39. The van der Waals surface area contributed by atoms with Gasteiger partial charge in [0.2, 0.25) is 0 Å². The van der Waals surface area contributed by atoms with Gasteiger partial charge >= 0.3 is 0 Å². The van der Waals surface area contributed by atoms with Crippen molar-refractivity contribution in [3.8, 4) is 0 Å². The normalized spacial score (nSPS) is 29.8. The van der Waals surface area contributed by atoms with Crippen LogP contribution < -0.4 is 0 Å². The summed E-state index contributed by atoms with van der Waals surface area (Å²) in [6.45, 7) is 2.58. The summed E-state index contributed by atoms with van der Waals surface area (Å²) in [5, 5.41) is 9.79. The van der Waals surface area contributed by atoms with Gasteiger partial charge in [0.25, 0.3) is 0 Å². The van der Waals surface area contributed by atoms with E-state index < -0.39 is 6.10 Å². The lowest BCUT2D eigenvalue weighted by atomic mass is 9.98. The van der Waals surface area contributed by atoms with Crippen LogP contribution in [-0.2, 0) is 4.74 Å². The molecule has 0 amide bonds. The quantitative estimate of drug-likeness (QED) is 0.672. The second-order valence-corrected chi connectivity index (χ2v) is 3.41. The summed E-state index contributed by atoms with van der Waals surface area (Å²) in [6, 6.07) is 9.61.